The molecule has 6 heteroatoms. The lowest BCUT2D eigenvalue weighted by atomic mass is 10.1. The molecule has 0 unspecified atom stereocenters. The van der Waals surface area contributed by atoms with Gasteiger partial charge >= 0.3 is 0 Å². The minimum atomic E-state index is -0.319. The van der Waals surface area contributed by atoms with Crippen molar-refractivity contribution in [2.75, 3.05) is 33.5 Å². The lowest BCUT2D eigenvalue weighted by molar-refractivity contribution is 0.0692. The highest BCUT2D eigenvalue weighted by Crippen LogP contribution is 2.08. The zero-order valence-corrected chi connectivity index (χ0v) is 11.3. The first-order chi connectivity index (χ1) is 9.72. The van der Waals surface area contributed by atoms with Gasteiger partial charge < -0.3 is 14.8 Å². The van der Waals surface area contributed by atoms with Gasteiger partial charge in [0.15, 0.2) is 12.6 Å². The minimum Gasteiger partial charge on any atom is -0.382 e. The van der Waals surface area contributed by atoms with Crippen molar-refractivity contribution in [1.82, 2.24) is 5.32 Å². The van der Waals surface area contributed by atoms with Gasteiger partial charge in [-0.2, -0.15) is 0 Å². The molecule has 0 radical (unpaired) electrons. The number of hydrogen-bond acceptors (Lipinski definition) is 5. The molecule has 0 aliphatic carbocycles. The number of rotatable bonds is 9. The second-order valence-corrected chi connectivity index (χ2v) is 3.94. The molecule has 1 amide bonds. The van der Waals surface area contributed by atoms with Crippen LogP contribution in [0.1, 0.15) is 31.1 Å². The summed E-state index contributed by atoms with van der Waals surface area (Å²) in [6.45, 7) is 1.70. The van der Waals surface area contributed by atoms with E-state index >= 15 is 0 Å². The number of methoxy groups -OCH3 is 1. The molecule has 0 aromatic heterocycles. The summed E-state index contributed by atoms with van der Waals surface area (Å²) < 4.78 is 10.0. The van der Waals surface area contributed by atoms with Gasteiger partial charge in [0, 0.05) is 30.3 Å². The summed E-state index contributed by atoms with van der Waals surface area (Å²) in [6.07, 6.45) is 1.13. The first kappa shape index (κ1) is 16.0. The van der Waals surface area contributed by atoms with E-state index in [0.717, 1.165) is 0 Å². The molecule has 0 saturated carbocycles. The fraction of sp³-hybridized carbons (Fsp3) is 0.357. The van der Waals surface area contributed by atoms with Gasteiger partial charge in [0.25, 0.3) is 5.91 Å². The summed E-state index contributed by atoms with van der Waals surface area (Å²) >= 11 is 0. The summed E-state index contributed by atoms with van der Waals surface area (Å²) in [5.41, 5.74) is 0.790. The van der Waals surface area contributed by atoms with E-state index in [0.29, 0.717) is 44.5 Å². The van der Waals surface area contributed by atoms with Gasteiger partial charge in [0.05, 0.1) is 19.8 Å². The zero-order valence-electron chi connectivity index (χ0n) is 11.3. The Kier molecular flexibility index (Phi) is 7.16. The normalized spacial score (nSPS) is 10.1. The van der Waals surface area contributed by atoms with Gasteiger partial charge in [-0.05, 0) is 12.1 Å². The largest absolute Gasteiger partial charge is 0.382 e. The maximum atomic E-state index is 11.8. The summed E-state index contributed by atoms with van der Waals surface area (Å²) in [7, 11) is 1.58. The Bertz CT molecular complexity index is 473. The Morgan fingerprint density at radius 2 is 1.90 bits per heavy atom. The van der Waals surface area contributed by atoms with Crippen LogP contribution in [0.3, 0.4) is 0 Å². The summed E-state index contributed by atoms with van der Waals surface area (Å²) in [4.78, 5) is 33.3. The Labute approximate surface area is 117 Å². The first-order valence-corrected chi connectivity index (χ1v) is 6.12. The lowest BCUT2D eigenvalue weighted by Crippen LogP contribution is -2.27. The van der Waals surface area contributed by atoms with E-state index in [1.165, 1.54) is 18.2 Å². The van der Waals surface area contributed by atoms with Crippen molar-refractivity contribution in [1.29, 1.82) is 0 Å². The predicted molar refractivity (Wildman–Crippen MR) is 72.2 cm³/mol. The van der Waals surface area contributed by atoms with E-state index in [-0.39, 0.29) is 17.0 Å². The van der Waals surface area contributed by atoms with Crippen molar-refractivity contribution in [3.8, 4) is 0 Å². The zero-order chi connectivity index (χ0) is 14.8. The van der Waals surface area contributed by atoms with Crippen molar-refractivity contribution in [2.24, 2.45) is 0 Å². The third-order valence-electron chi connectivity index (χ3n) is 2.57. The van der Waals surface area contributed by atoms with Crippen molar-refractivity contribution in [3.05, 3.63) is 34.9 Å². The molecule has 0 spiro atoms. The van der Waals surface area contributed by atoms with Crippen LogP contribution < -0.4 is 5.32 Å². The molecule has 0 bridgehead atoms. The standard InChI is InChI=1S/C14H17NO5/c1-19-6-7-20-5-4-15-14(18)11-2-3-12(9-16)13(8-11)10-17/h2-3,8-10H,4-7H2,1H3,(H,15,18). The molecule has 0 fully saturated rings. The Hall–Kier alpha value is -2.05. The highest BCUT2D eigenvalue weighted by molar-refractivity contribution is 5.98. The quantitative estimate of drug-likeness (QED) is 0.531. The van der Waals surface area contributed by atoms with Crippen LogP contribution in [0, 0.1) is 0 Å². The smallest absolute Gasteiger partial charge is 0.251 e. The molecular weight excluding hydrogens is 262 g/mol. The van der Waals surface area contributed by atoms with Crippen LogP contribution in [-0.2, 0) is 9.47 Å². The van der Waals surface area contributed by atoms with Crippen LogP contribution in [0.5, 0.6) is 0 Å². The van der Waals surface area contributed by atoms with Gasteiger partial charge in [-0.1, -0.05) is 6.07 Å². The van der Waals surface area contributed by atoms with Crippen LogP contribution in [-0.4, -0.2) is 52.0 Å². The SMILES string of the molecule is COCCOCCNC(=O)c1ccc(C=O)c(C=O)c1. The molecule has 1 aromatic rings. The molecule has 1 rings (SSSR count). The number of carbonyl (C=O) groups is 3. The first-order valence-electron chi connectivity index (χ1n) is 6.12. The second-order valence-electron chi connectivity index (χ2n) is 3.94. The fourth-order valence-electron chi connectivity index (χ4n) is 1.51. The van der Waals surface area contributed by atoms with Crippen LogP contribution in [0.4, 0.5) is 0 Å². The number of aldehydes is 2. The number of carbonyl (C=O) groups excluding carboxylic acids is 3. The maximum absolute atomic E-state index is 11.8. The Morgan fingerprint density at radius 1 is 1.15 bits per heavy atom. The molecule has 0 aliphatic rings. The minimum absolute atomic E-state index is 0.198. The monoisotopic (exact) mass is 279 g/mol. The van der Waals surface area contributed by atoms with E-state index in [1.54, 1.807) is 7.11 Å². The van der Waals surface area contributed by atoms with Crippen LogP contribution >= 0.6 is 0 Å². The number of hydrogen-bond donors (Lipinski definition) is 1. The number of amides is 1. The van der Waals surface area contributed by atoms with E-state index in [4.69, 9.17) is 9.47 Å². The van der Waals surface area contributed by atoms with Gasteiger partial charge in [-0.15, -0.1) is 0 Å². The summed E-state index contributed by atoms with van der Waals surface area (Å²) in [5.74, 6) is -0.319. The molecule has 0 atom stereocenters. The molecule has 20 heavy (non-hydrogen) atoms. The second kappa shape index (κ2) is 8.95. The maximum Gasteiger partial charge on any atom is 0.251 e. The summed E-state index contributed by atoms with van der Waals surface area (Å²) in [5, 5.41) is 2.66. The Morgan fingerprint density at radius 3 is 2.55 bits per heavy atom. The van der Waals surface area contributed by atoms with Crippen molar-refractivity contribution in [3.63, 3.8) is 0 Å². The molecule has 0 saturated heterocycles. The van der Waals surface area contributed by atoms with Gasteiger partial charge in [0.1, 0.15) is 0 Å². The molecule has 1 N–H and O–H groups in total. The number of benzene rings is 1. The lowest BCUT2D eigenvalue weighted by Gasteiger charge is -2.07. The topological polar surface area (TPSA) is 81.7 Å². The van der Waals surface area contributed by atoms with Crippen molar-refractivity contribution >= 4 is 18.5 Å². The van der Waals surface area contributed by atoms with Crippen LogP contribution in [0.15, 0.2) is 18.2 Å². The van der Waals surface area contributed by atoms with E-state index in [2.05, 4.69) is 5.32 Å². The van der Waals surface area contributed by atoms with Crippen molar-refractivity contribution in [2.45, 2.75) is 0 Å². The van der Waals surface area contributed by atoms with E-state index in [9.17, 15) is 14.4 Å². The average molecular weight is 279 g/mol. The average Bonchev–Trinajstić information content (AvgIpc) is 2.49. The third kappa shape index (κ3) is 4.91. The number of ether oxygens (including phenoxy) is 2. The number of nitrogens with one attached hydrogen (secondary N) is 1. The van der Waals surface area contributed by atoms with Crippen molar-refractivity contribution < 1.29 is 23.9 Å². The van der Waals surface area contributed by atoms with Gasteiger partial charge in [0.2, 0.25) is 0 Å². The Balaban J connectivity index is 2.47. The highest BCUT2D eigenvalue weighted by Gasteiger charge is 2.08. The molecular formula is C14H17NO5. The van der Waals surface area contributed by atoms with Gasteiger partial charge in [-0.3, -0.25) is 14.4 Å². The van der Waals surface area contributed by atoms with Crippen LogP contribution in [0.2, 0.25) is 0 Å². The molecule has 108 valence electrons. The molecule has 6 nitrogen and oxygen atoms in total. The predicted octanol–water partition coefficient (Wildman–Crippen LogP) is 0.704. The molecule has 1 aromatic carbocycles. The molecule has 0 heterocycles. The fourth-order valence-corrected chi connectivity index (χ4v) is 1.51. The summed E-state index contributed by atoms with van der Waals surface area (Å²) in [6, 6.07) is 4.33. The van der Waals surface area contributed by atoms with E-state index < -0.39 is 0 Å². The van der Waals surface area contributed by atoms with Crippen LogP contribution in [0.25, 0.3) is 0 Å². The molecule has 0 aliphatic heterocycles. The van der Waals surface area contributed by atoms with Gasteiger partial charge in [-0.25, -0.2) is 0 Å². The van der Waals surface area contributed by atoms with E-state index in [1.807, 2.05) is 0 Å². The third-order valence-corrected chi connectivity index (χ3v) is 2.57. The highest BCUT2D eigenvalue weighted by atomic mass is 16.5.